The Bertz CT molecular complexity index is 594. The average Bonchev–Trinajstić information content (AvgIpc) is 2.75. The first kappa shape index (κ1) is 15.4. The van der Waals surface area contributed by atoms with Gasteiger partial charge in [-0.2, -0.15) is 0 Å². The molecule has 1 fully saturated rings. The topological polar surface area (TPSA) is 39.4 Å². The lowest BCUT2D eigenvalue weighted by Gasteiger charge is -2.03. The van der Waals surface area contributed by atoms with Crippen molar-refractivity contribution in [3.05, 3.63) is 35.3 Å². The Morgan fingerprint density at radius 2 is 2.10 bits per heavy atom. The highest BCUT2D eigenvalue weighted by Gasteiger charge is 2.61. The van der Waals surface area contributed by atoms with E-state index in [0.717, 1.165) is 5.76 Å². The van der Waals surface area contributed by atoms with E-state index in [1.807, 2.05) is 19.9 Å². The summed E-state index contributed by atoms with van der Waals surface area (Å²) in [6, 6.07) is 3.61. The van der Waals surface area contributed by atoms with Gasteiger partial charge in [-0.3, -0.25) is 4.79 Å². The molecule has 0 unspecified atom stereocenters. The molecule has 0 aliphatic heterocycles. The highest BCUT2D eigenvalue weighted by molar-refractivity contribution is 5.78. The van der Waals surface area contributed by atoms with Crippen LogP contribution in [-0.4, -0.2) is 5.97 Å². The molecule has 2 rings (SSSR count). The number of esters is 1. The maximum Gasteiger partial charge on any atom is 0.310 e. The van der Waals surface area contributed by atoms with E-state index < -0.39 is 0 Å². The van der Waals surface area contributed by atoms with Crippen molar-refractivity contribution in [3.63, 3.8) is 0 Å². The fourth-order valence-corrected chi connectivity index (χ4v) is 2.73. The second kappa shape index (κ2) is 5.81. The van der Waals surface area contributed by atoms with Crippen molar-refractivity contribution in [3.8, 4) is 12.3 Å². The molecule has 3 heteroatoms. The number of terminal acetylenes is 1. The van der Waals surface area contributed by atoms with Gasteiger partial charge in [-0.15, -0.1) is 6.42 Å². The standard InChI is InChI=1S/C18H22O3/c1-6-7-13-8-9-14(21-13)11-20-17(19)16-15(10-12(2)3)18(16,4)5/h1,8-10,15-16H,7,11H2,2-5H3/t15-,16+/m1/s1. The predicted octanol–water partition coefficient (Wildman–Crippen LogP) is 3.74. The highest BCUT2D eigenvalue weighted by atomic mass is 16.5. The van der Waals surface area contributed by atoms with E-state index in [1.54, 1.807) is 6.07 Å². The van der Waals surface area contributed by atoms with E-state index in [-0.39, 0.29) is 29.8 Å². The lowest BCUT2D eigenvalue weighted by Crippen LogP contribution is -2.10. The quantitative estimate of drug-likeness (QED) is 0.470. The summed E-state index contributed by atoms with van der Waals surface area (Å²) < 4.78 is 10.9. The molecule has 0 spiro atoms. The molecule has 3 nitrogen and oxygen atoms in total. The van der Waals surface area contributed by atoms with Gasteiger partial charge in [0, 0.05) is 0 Å². The Morgan fingerprint density at radius 1 is 1.43 bits per heavy atom. The maximum absolute atomic E-state index is 12.2. The van der Waals surface area contributed by atoms with E-state index >= 15 is 0 Å². The molecule has 0 radical (unpaired) electrons. The molecular formula is C18H22O3. The van der Waals surface area contributed by atoms with Gasteiger partial charge in [0.15, 0.2) is 0 Å². The van der Waals surface area contributed by atoms with Crippen LogP contribution in [0.3, 0.4) is 0 Å². The normalized spacial score (nSPS) is 22.2. The number of hydrogen-bond acceptors (Lipinski definition) is 3. The van der Waals surface area contributed by atoms with Crippen LogP contribution in [0.2, 0.25) is 0 Å². The molecule has 1 saturated carbocycles. The van der Waals surface area contributed by atoms with Crippen LogP contribution >= 0.6 is 0 Å². The first-order valence-electron chi connectivity index (χ1n) is 7.19. The number of furan rings is 1. The average molecular weight is 286 g/mol. The lowest BCUT2D eigenvalue weighted by molar-refractivity contribution is -0.148. The number of hydrogen-bond donors (Lipinski definition) is 0. The highest BCUT2D eigenvalue weighted by Crippen LogP contribution is 2.59. The van der Waals surface area contributed by atoms with Gasteiger partial charge in [0.25, 0.3) is 0 Å². The van der Waals surface area contributed by atoms with Crippen molar-refractivity contribution >= 4 is 5.97 Å². The summed E-state index contributed by atoms with van der Waals surface area (Å²) in [5.41, 5.74) is 1.21. The SMILES string of the molecule is C#CCc1ccc(COC(=O)[C@@H]2[C@@H](C=C(C)C)C2(C)C)o1. The first-order valence-corrected chi connectivity index (χ1v) is 7.19. The summed E-state index contributed by atoms with van der Waals surface area (Å²) in [7, 11) is 0. The zero-order valence-electron chi connectivity index (χ0n) is 13.1. The van der Waals surface area contributed by atoms with Crippen LogP contribution in [-0.2, 0) is 22.6 Å². The van der Waals surface area contributed by atoms with Gasteiger partial charge in [0.05, 0.1) is 12.3 Å². The zero-order valence-corrected chi connectivity index (χ0v) is 13.1. The third kappa shape index (κ3) is 3.39. The molecule has 0 bridgehead atoms. The van der Waals surface area contributed by atoms with Gasteiger partial charge >= 0.3 is 5.97 Å². The van der Waals surface area contributed by atoms with Gasteiger partial charge in [0.2, 0.25) is 0 Å². The molecular weight excluding hydrogens is 264 g/mol. The number of ether oxygens (including phenoxy) is 1. The maximum atomic E-state index is 12.2. The Kier molecular flexibility index (Phi) is 4.27. The smallest absolute Gasteiger partial charge is 0.310 e. The Hall–Kier alpha value is -1.95. The first-order chi connectivity index (χ1) is 9.86. The van der Waals surface area contributed by atoms with E-state index in [1.165, 1.54) is 5.57 Å². The van der Waals surface area contributed by atoms with Crippen molar-refractivity contribution in [2.24, 2.45) is 17.3 Å². The van der Waals surface area contributed by atoms with E-state index in [4.69, 9.17) is 15.6 Å². The van der Waals surface area contributed by atoms with Crippen molar-refractivity contribution in [2.45, 2.75) is 40.7 Å². The van der Waals surface area contributed by atoms with Crippen LogP contribution in [0.5, 0.6) is 0 Å². The molecule has 1 aliphatic rings. The number of carbonyl (C=O) groups excluding carboxylic acids is 1. The summed E-state index contributed by atoms with van der Waals surface area (Å²) in [6.07, 6.45) is 7.83. The number of carbonyl (C=O) groups is 1. The fraction of sp³-hybridized carbons (Fsp3) is 0.500. The molecule has 1 aromatic rings. The molecule has 0 saturated heterocycles. The van der Waals surface area contributed by atoms with E-state index in [2.05, 4.69) is 25.8 Å². The minimum absolute atomic E-state index is 0.0217. The Balaban J connectivity index is 1.91. The fourth-order valence-electron chi connectivity index (χ4n) is 2.73. The summed E-state index contributed by atoms with van der Waals surface area (Å²) in [6.45, 7) is 8.46. The lowest BCUT2D eigenvalue weighted by atomic mass is 10.1. The molecule has 0 aromatic carbocycles. The van der Waals surface area contributed by atoms with Gasteiger partial charge < -0.3 is 9.15 Å². The van der Waals surface area contributed by atoms with Crippen LogP contribution < -0.4 is 0 Å². The second-order valence-corrected chi connectivity index (χ2v) is 6.43. The zero-order chi connectivity index (χ0) is 15.6. The predicted molar refractivity (Wildman–Crippen MR) is 81.2 cm³/mol. The third-order valence-electron chi connectivity index (χ3n) is 4.03. The van der Waals surface area contributed by atoms with Crippen LogP contribution in [0.15, 0.2) is 28.2 Å². The van der Waals surface area contributed by atoms with Crippen LogP contribution in [0.4, 0.5) is 0 Å². The molecule has 0 amide bonds. The summed E-state index contributed by atoms with van der Waals surface area (Å²) in [5, 5.41) is 0. The van der Waals surface area contributed by atoms with Crippen LogP contribution in [0, 0.1) is 29.6 Å². The van der Waals surface area contributed by atoms with E-state index in [9.17, 15) is 4.79 Å². The van der Waals surface area contributed by atoms with E-state index in [0.29, 0.717) is 12.2 Å². The second-order valence-electron chi connectivity index (χ2n) is 6.43. The molecule has 2 atom stereocenters. The number of allylic oxidation sites excluding steroid dienone is 2. The van der Waals surface area contributed by atoms with Crippen LogP contribution in [0.1, 0.15) is 39.2 Å². The van der Waals surface area contributed by atoms with Gasteiger partial charge in [0.1, 0.15) is 18.1 Å². The van der Waals surface area contributed by atoms with Crippen molar-refractivity contribution in [1.29, 1.82) is 0 Å². The molecule has 112 valence electrons. The van der Waals surface area contributed by atoms with Gasteiger partial charge in [-0.25, -0.2) is 0 Å². The van der Waals surface area contributed by atoms with Crippen molar-refractivity contribution in [1.82, 2.24) is 0 Å². The molecule has 0 N–H and O–H groups in total. The summed E-state index contributed by atoms with van der Waals surface area (Å²) in [5.74, 6) is 3.92. The minimum Gasteiger partial charge on any atom is -0.461 e. The van der Waals surface area contributed by atoms with Crippen molar-refractivity contribution < 1.29 is 13.9 Å². The molecule has 1 aliphatic carbocycles. The molecule has 1 heterocycles. The molecule has 1 aromatic heterocycles. The summed E-state index contributed by atoms with van der Waals surface area (Å²) >= 11 is 0. The van der Waals surface area contributed by atoms with Gasteiger partial charge in [-0.05, 0) is 37.3 Å². The Labute approximate surface area is 126 Å². The van der Waals surface area contributed by atoms with Crippen molar-refractivity contribution in [2.75, 3.05) is 0 Å². The largest absolute Gasteiger partial charge is 0.461 e. The van der Waals surface area contributed by atoms with Gasteiger partial charge in [-0.1, -0.05) is 31.4 Å². The number of rotatable bonds is 5. The monoisotopic (exact) mass is 286 g/mol. The molecule has 21 heavy (non-hydrogen) atoms. The summed E-state index contributed by atoms with van der Waals surface area (Å²) in [4.78, 5) is 12.2. The minimum atomic E-state index is -0.155. The third-order valence-corrected chi connectivity index (χ3v) is 4.03. The Morgan fingerprint density at radius 3 is 2.71 bits per heavy atom. The van der Waals surface area contributed by atoms with Crippen LogP contribution in [0.25, 0.3) is 0 Å².